The van der Waals surface area contributed by atoms with Gasteiger partial charge in [-0.15, -0.1) is 0 Å². The largest absolute Gasteiger partial charge is 0.462 e. The molecule has 6 nitrogen and oxygen atoms in total. The highest BCUT2D eigenvalue weighted by Gasteiger charge is 2.19. The van der Waals surface area contributed by atoms with E-state index in [1.807, 2.05) is 0 Å². The minimum Gasteiger partial charge on any atom is -0.462 e. The zero-order valence-corrected chi connectivity index (χ0v) is 40.5. The minimum absolute atomic E-state index is 0.104. The molecule has 0 aromatic carbocycles. The molecule has 1 unspecified atom stereocenters. The third kappa shape index (κ3) is 49.0. The Morgan fingerprint density at radius 2 is 0.619 bits per heavy atom. The molecule has 0 aromatic heterocycles. The lowest BCUT2D eigenvalue weighted by Crippen LogP contribution is -2.30. The van der Waals surface area contributed by atoms with Gasteiger partial charge in [0.05, 0.1) is 0 Å². The molecule has 0 bridgehead atoms. The molecule has 0 amide bonds. The van der Waals surface area contributed by atoms with E-state index in [2.05, 4.69) is 130 Å². The van der Waals surface area contributed by atoms with Gasteiger partial charge in [-0.1, -0.05) is 188 Å². The van der Waals surface area contributed by atoms with Gasteiger partial charge in [-0.25, -0.2) is 0 Å². The average molecular weight is 873 g/mol. The van der Waals surface area contributed by atoms with Crippen molar-refractivity contribution >= 4 is 17.9 Å². The number of esters is 3. The van der Waals surface area contributed by atoms with Crippen LogP contribution in [-0.2, 0) is 28.6 Å². The van der Waals surface area contributed by atoms with E-state index in [-0.39, 0.29) is 37.5 Å². The first kappa shape index (κ1) is 59.1. The molecular weight excluding hydrogens is 781 g/mol. The molecule has 0 saturated heterocycles. The monoisotopic (exact) mass is 873 g/mol. The van der Waals surface area contributed by atoms with E-state index in [4.69, 9.17) is 14.2 Å². The molecule has 0 heterocycles. The fraction of sp³-hybridized carbons (Fsp3) is 0.632. The Morgan fingerprint density at radius 1 is 0.333 bits per heavy atom. The van der Waals surface area contributed by atoms with Crippen LogP contribution in [0, 0.1) is 0 Å². The number of hydrogen-bond donors (Lipinski definition) is 0. The highest BCUT2D eigenvalue weighted by molar-refractivity contribution is 5.71. The van der Waals surface area contributed by atoms with Crippen LogP contribution in [0.5, 0.6) is 0 Å². The van der Waals surface area contributed by atoms with Gasteiger partial charge in [-0.2, -0.15) is 0 Å². The lowest BCUT2D eigenvalue weighted by Gasteiger charge is -2.18. The second-order valence-electron chi connectivity index (χ2n) is 16.3. The summed E-state index contributed by atoms with van der Waals surface area (Å²) in [6.07, 6.45) is 67.8. The first-order valence-corrected chi connectivity index (χ1v) is 25.4. The van der Waals surface area contributed by atoms with Gasteiger partial charge < -0.3 is 14.2 Å². The summed E-state index contributed by atoms with van der Waals surface area (Å²) in [4.78, 5) is 37.9. The highest BCUT2D eigenvalue weighted by Crippen LogP contribution is 2.13. The maximum absolute atomic E-state index is 12.8. The Balaban J connectivity index is 4.46. The SMILES string of the molecule is CC/C=C\C/C=C\C/C=C\C/C=C\CCCCCCCCC(=O)OCC(COC(=O)CCCCCCC/C=C\C/C=C\CCC)OC(=O)CCCCC/C=C\C/C=C\C/C=C\CC. The molecule has 63 heavy (non-hydrogen) atoms. The van der Waals surface area contributed by atoms with Crippen LogP contribution in [0.2, 0.25) is 0 Å². The van der Waals surface area contributed by atoms with E-state index in [9.17, 15) is 14.4 Å². The van der Waals surface area contributed by atoms with Gasteiger partial charge >= 0.3 is 17.9 Å². The quantitative estimate of drug-likeness (QED) is 0.0263. The van der Waals surface area contributed by atoms with Crippen molar-refractivity contribution in [1.29, 1.82) is 0 Å². The Kier molecular flexibility index (Phi) is 47.5. The predicted octanol–water partition coefficient (Wildman–Crippen LogP) is 16.8. The summed E-state index contributed by atoms with van der Waals surface area (Å²) in [6, 6.07) is 0. The lowest BCUT2D eigenvalue weighted by atomic mass is 10.1. The van der Waals surface area contributed by atoms with E-state index >= 15 is 0 Å². The molecule has 6 heteroatoms. The van der Waals surface area contributed by atoms with Crippen LogP contribution in [0.1, 0.15) is 213 Å². The second kappa shape index (κ2) is 50.7. The third-order valence-electron chi connectivity index (χ3n) is 10.2. The number of rotatable bonds is 44. The molecular formula is C57H92O6. The fourth-order valence-corrected chi connectivity index (χ4v) is 6.48. The molecule has 0 spiro atoms. The molecule has 0 radical (unpaired) electrons. The summed E-state index contributed by atoms with van der Waals surface area (Å²) in [5, 5.41) is 0. The van der Waals surface area contributed by atoms with Crippen LogP contribution in [0.25, 0.3) is 0 Å². The molecule has 0 aliphatic rings. The van der Waals surface area contributed by atoms with Crippen LogP contribution in [0.4, 0.5) is 0 Å². The Bertz CT molecular complexity index is 1330. The van der Waals surface area contributed by atoms with E-state index in [0.717, 1.165) is 154 Å². The molecule has 356 valence electrons. The Hall–Kier alpha value is -3.93. The summed E-state index contributed by atoms with van der Waals surface area (Å²) in [7, 11) is 0. The Labute approximate surface area is 387 Å². The maximum Gasteiger partial charge on any atom is 0.306 e. The van der Waals surface area contributed by atoms with Crippen molar-refractivity contribution in [2.75, 3.05) is 13.2 Å². The van der Waals surface area contributed by atoms with Crippen LogP contribution < -0.4 is 0 Å². The number of ether oxygens (including phenoxy) is 3. The van der Waals surface area contributed by atoms with E-state index in [1.165, 1.54) is 19.3 Å². The summed E-state index contributed by atoms with van der Waals surface area (Å²) in [5.74, 6) is -0.968. The lowest BCUT2D eigenvalue weighted by molar-refractivity contribution is -0.167. The Morgan fingerprint density at radius 3 is 0.984 bits per heavy atom. The van der Waals surface area contributed by atoms with Crippen molar-refractivity contribution in [1.82, 2.24) is 0 Å². The van der Waals surface area contributed by atoms with Crippen LogP contribution >= 0.6 is 0 Å². The van der Waals surface area contributed by atoms with Gasteiger partial charge in [0.1, 0.15) is 13.2 Å². The number of carbonyl (C=O) groups excluding carboxylic acids is 3. The van der Waals surface area contributed by atoms with Crippen LogP contribution in [-0.4, -0.2) is 37.2 Å². The van der Waals surface area contributed by atoms with Crippen molar-refractivity contribution < 1.29 is 28.6 Å². The minimum atomic E-state index is -0.806. The number of hydrogen-bond acceptors (Lipinski definition) is 6. The smallest absolute Gasteiger partial charge is 0.306 e. The molecule has 0 aromatic rings. The number of carbonyl (C=O) groups is 3. The normalized spacial score (nSPS) is 13.0. The maximum atomic E-state index is 12.8. The molecule has 0 fully saturated rings. The highest BCUT2D eigenvalue weighted by atomic mass is 16.6. The van der Waals surface area contributed by atoms with Crippen LogP contribution in [0.3, 0.4) is 0 Å². The van der Waals surface area contributed by atoms with E-state index in [1.54, 1.807) is 0 Å². The summed E-state index contributed by atoms with van der Waals surface area (Å²) in [5.41, 5.74) is 0. The summed E-state index contributed by atoms with van der Waals surface area (Å²) in [6.45, 7) is 6.28. The third-order valence-corrected chi connectivity index (χ3v) is 10.2. The molecule has 0 aliphatic heterocycles. The zero-order chi connectivity index (χ0) is 45.8. The van der Waals surface area contributed by atoms with Gasteiger partial charge in [-0.05, 0) is 116 Å². The fourth-order valence-electron chi connectivity index (χ4n) is 6.48. The van der Waals surface area contributed by atoms with Gasteiger partial charge in [0.25, 0.3) is 0 Å². The number of unbranched alkanes of at least 4 members (excludes halogenated alkanes) is 15. The van der Waals surface area contributed by atoms with Crippen molar-refractivity contribution in [2.45, 2.75) is 219 Å². The van der Waals surface area contributed by atoms with Gasteiger partial charge in [0.15, 0.2) is 6.10 Å². The average Bonchev–Trinajstić information content (AvgIpc) is 3.28. The predicted molar refractivity (Wildman–Crippen MR) is 270 cm³/mol. The van der Waals surface area contributed by atoms with Crippen molar-refractivity contribution in [3.05, 3.63) is 109 Å². The first-order valence-electron chi connectivity index (χ1n) is 25.4. The van der Waals surface area contributed by atoms with Crippen molar-refractivity contribution in [2.24, 2.45) is 0 Å². The zero-order valence-electron chi connectivity index (χ0n) is 40.5. The summed E-state index contributed by atoms with van der Waals surface area (Å²) < 4.78 is 16.7. The van der Waals surface area contributed by atoms with Gasteiger partial charge in [-0.3, -0.25) is 14.4 Å². The summed E-state index contributed by atoms with van der Waals surface area (Å²) >= 11 is 0. The number of allylic oxidation sites excluding steroid dienone is 18. The molecule has 0 N–H and O–H groups in total. The van der Waals surface area contributed by atoms with Crippen molar-refractivity contribution in [3.63, 3.8) is 0 Å². The molecule has 0 rings (SSSR count). The standard InChI is InChI=1S/C57H92O6/c1-4-7-10-13-16-19-22-25-26-27-28-29-30-33-35-38-41-44-47-50-56(59)62-53-54(63-57(60)51-48-45-42-39-36-32-24-21-18-15-12-9-6-3)52-61-55(58)49-46-43-40-37-34-31-23-20-17-14-11-8-5-2/h7,9-12,14,16,18-21,23,25-26,28-29,32,36,54H,4-6,8,13,15,17,22,24,27,30-31,33-35,37-53H2,1-3H3/b10-7-,12-9-,14-11-,19-16-,21-18-,23-20-,26-25-,29-28-,36-32-. The van der Waals surface area contributed by atoms with Gasteiger partial charge in [0.2, 0.25) is 0 Å². The molecule has 1 atom stereocenters. The topological polar surface area (TPSA) is 78.9 Å². The van der Waals surface area contributed by atoms with E-state index < -0.39 is 6.10 Å². The van der Waals surface area contributed by atoms with Crippen molar-refractivity contribution in [3.8, 4) is 0 Å². The molecule has 0 aliphatic carbocycles. The van der Waals surface area contributed by atoms with E-state index in [0.29, 0.717) is 12.8 Å². The van der Waals surface area contributed by atoms with Gasteiger partial charge in [0, 0.05) is 19.3 Å². The van der Waals surface area contributed by atoms with Crippen LogP contribution in [0.15, 0.2) is 109 Å². The molecule has 0 saturated carbocycles. The first-order chi connectivity index (χ1) is 31.0. The second-order valence-corrected chi connectivity index (χ2v) is 16.3.